The van der Waals surface area contributed by atoms with E-state index in [1.807, 2.05) is 49.5 Å². The summed E-state index contributed by atoms with van der Waals surface area (Å²) in [6.07, 6.45) is 2.39. The van der Waals surface area contributed by atoms with Crippen LogP contribution in [0.1, 0.15) is 55.5 Å². The number of benzene rings is 1. The number of rotatable bonds is 9. The van der Waals surface area contributed by atoms with Crippen molar-refractivity contribution in [1.29, 1.82) is 0 Å². The highest BCUT2D eigenvalue weighted by atomic mass is 79.9. The minimum atomic E-state index is -0.836. The van der Waals surface area contributed by atoms with Gasteiger partial charge in [0.25, 0.3) is 0 Å². The molecule has 11 heteroatoms. The lowest BCUT2D eigenvalue weighted by molar-refractivity contribution is -0.00963. The van der Waals surface area contributed by atoms with Crippen molar-refractivity contribution in [3.8, 4) is 5.69 Å². The van der Waals surface area contributed by atoms with E-state index < -0.39 is 18.4 Å². The van der Waals surface area contributed by atoms with Crippen LogP contribution in [0.2, 0.25) is 0 Å². The van der Waals surface area contributed by atoms with E-state index in [0.717, 1.165) is 38.6 Å². The van der Waals surface area contributed by atoms with Gasteiger partial charge < -0.3 is 18.9 Å². The molecule has 0 saturated heterocycles. The molecule has 10 nitrogen and oxygen atoms in total. The Morgan fingerprint density at radius 2 is 1.95 bits per heavy atom. The Morgan fingerprint density at radius 1 is 1.11 bits per heavy atom. The second kappa shape index (κ2) is 12.7. The van der Waals surface area contributed by atoms with Crippen molar-refractivity contribution in [2.45, 2.75) is 45.8 Å². The van der Waals surface area contributed by atoms with Crippen molar-refractivity contribution in [3.63, 3.8) is 0 Å². The summed E-state index contributed by atoms with van der Waals surface area (Å²) in [7, 11) is 0. The molecule has 3 aromatic rings. The number of carbonyl (C=O) groups excluding carboxylic acids is 2. The lowest BCUT2D eigenvalue weighted by atomic mass is 10.0. The van der Waals surface area contributed by atoms with E-state index >= 15 is 0 Å². The fourth-order valence-electron chi connectivity index (χ4n) is 4.09. The zero-order valence-electron chi connectivity index (χ0n) is 21.4. The van der Waals surface area contributed by atoms with E-state index in [1.54, 1.807) is 20.0 Å². The molecule has 38 heavy (non-hydrogen) atoms. The standard InChI is InChI=1S/C27H29BrN4O6/c1-4-35-27(34)38-18(3)16-37-26(33)36-13-7-9-22-25-30-15-17(2)32(25)23-11-10-19(28)14-20(23)24(31-22)21-8-5-6-12-29-21/h5-6,8,10-12,14-15,18,22H,4,7,9,13,16H2,1-3H3/t18?,22-/m0/s1. The molecule has 0 radical (unpaired) electrons. The fraction of sp³-hybridized carbons (Fsp3) is 0.370. The van der Waals surface area contributed by atoms with Crippen LogP contribution in [0.25, 0.3) is 5.69 Å². The summed E-state index contributed by atoms with van der Waals surface area (Å²) in [6, 6.07) is 11.5. The number of imidazole rings is 1. The Hall–Kier alpha value is -3.73. The number of aryl methyl sites for hydroxylation is 1. The number of aliphatic imine (C=N–C) groups is 1. The summed E-state index contributed by atoms with van der Waals surface area (Å²) in [6.45, 7) is 5.47. The van der Waals surface area contributed by atoms with Crippen LogP contribution in [-0.2, 0) is 18.9 Å². The third-order valence-corrected chi connectivity index (χ3v) is 6.24. The van der Waals surface area contributed by atoms with E-state index in [9.17, 15) is 9.59 Å². The molecule has 0 N–H and O–H groups in total. The van der Waals surface area contributed by atoms with Gasteiger partial charge in [-0.3, -0.25) is 14.5 Å². The minimum absolute atomic E-state index is 0.134. The summed E-state index contributed by atoms with van der Waals surface area (Å²) >= 11 is 3.59. The highest BCUT2D eigenvalue weighted by Crippen LogP contribution is 2.34. The number of aromatic nitrogens is 3. The number of ether oxygens (including phenoxy) is 4. The molecule has 200 valence electrons. The summed E-state index contributed by atoms with van der Waals surface area (Å²) < 4.78 is 23.0. The van der Waals surface area contributed by atoms with Crippen molar-refractivity contribution in [1.82, 2.24) is 14.5 Å². The smallest absolute Gasteiger partial charge is 0.435 e. The molecule has 4 rings (SSSR count). The van der Waals surface area contributed by atoms with Gasteiger partial charge in [0, 0.05) is 28.1 Å². The molecule has 3 heterocycles. The summed E-state index contributed by atoms with van der Waals surface area (Å²) in [5, 5.41) is 0. The third kappa shape index (κ3) is 6.58. The van der Waals surface area contributed by atoms with Gasteiger partial charge in [-0.2, -0.15) is 0 Å². The van der Waals surface area contributed by atoms with Crippen molar-refractivity contribution in [2.24, 2.45) is 4.99 Å². The molecule has 0 saturated carbocycles. The molecule has 2 atom stereocenters. The first-order valence-corrected chi connectivity index (χ1v) is 13.1. The van der Waals surface area contributed by atoms with E-state index in [0.29, 0.717) is 12.8 Å². The van der Waals surface area contributed by atoms with E-state index in [-0.39, 0.29) is 25.9 Å². The Balaban J connectivity index is 1.45. The predicted octanol–water partition coefficient (Wildman–Crippen LogP) is 5.73. The van der Waals surface area contributed by atoms with Crippen molar-refractivity contribution in [2.75, 3.05) is 19.8 Å². The Morgan fingerprint density at radius 3 is 2.71 bits per heavy atom. The largest absolute Gasteiger partial charge is 0.508 e. The highest BCUT2D eigenvalue weighted by molar-refractivity contribution is 9.10. The normalized spacial score (nSPS) is 14.8. The second-order valence-electron chi connectivity index (χ2n) is 8.63. The molecule has 0 spiro atoms. The quantitative estimate of drug-likeness (QED) is 0.231. The van der Waals surface area contributed by atoms with Crippen molar-refractivity contribution in [3.05, 3.63) is 76.0 Å². The average molecular weight is 585 g/mol. The monoisotopic (exact) mass is 584 g/mol. The van der Waals surface area contributed by atoms with E-state index in [1.165, 1.54) is 0 Å². The van der Waals surface area contributed by atoms with Crippen LogP contribution < -0.4 is 0 Å². The molecule has 1 unspecified atom stereocenters. The number of hydrogen-bond acceptors (Lipinski definition) is 9. The van der Waals surface area contributed by atoms with Crippen LogP contribution in [0.4, 0.5) is 9.59 Å². The number of hydrogen-bond donors (Lipinski definition) is 0. The van der Waals surface area contributed by atoms with Gasteiger partial charge >= 0.3 is 12.3 Å². The van der Waals surface area contributed by atoms with Gasteiger partial charge in [0.05, 0.1) is 30.3 Å². The number of halogens is 1. The number of carbonyl (C=O) groups is 2. The van der Waals surface area contributed by atoms with Crippen LogP contribution in [0.5, 0.6) is 0 Å². The first-order valence-electron chi connectivity index (χ1n) is 12.3. The van der Waals surface area contributed by atoms with Gasteiger partial charge in [-0.25, -0.2) is 14.6 Å². The molecule has 1 aliphatic heterocycles. The van der Waals surface area contributed by atoms with Crippen molar-refractivity contribution >= 4 is 34.0 Å². The van der Waals surface area contributed by atoms with Gasteiger partial charge in [0.2, 0.25) is 0 Å². The highest BCUT2D eigenvalue weighted by Gasteiger charge is 2.27. The van der Waals surface area contributed by atoms with Gasteiger partial charge in [-0.1, -0.05) is 22.0 Å². The SMILES string of the molecule is CCOC(=O)OC(C)COC(=O)OCCC[C@@H]1N=C(c2ccccn2)c2cc(Br)ccc2-n2c(C)cnc21. The average Bonchev–Trinajstić information content (AvgIpc) is 3.22. The molecule has 0 fully saturated rings. The maximum Gasteiger partial charge on any atom is 0.508 e. The van der Waals surface area contributed by atoms with Gasteiger partial charge in [0.15, 0.2) is 0 Å². The summed E-state index contributed by atoms with van der Waals surface area (Å²) in [5.41, 5.74) is 4.45. The summed E-state index contributed by atoms with van der Waals surface area (Å²) in [4.78, 5) is 37.7. The number of pyridine rings is 1. The molecule has 0 aliphatic carbocycles. The van der Waals surface area contributed by atoms with Gasteiger partial charge in [0.1, 0.15) is 24.6 Å². The number of nitrogens with zero attached hydrogens (tertiary/aromatic N) is 4. The zero-order chi connectivity index (χ0) is 27.1. The zero-order valence-corrected chi connectivity index (χ0v) is 23.0. The van der Waals surface area contributed by atoms with Crippen LogP contribution in [0, 0.1) is 6.92 Å². The van der Waals surface area contributed by atoms with E-state index in [4.69, 9.17) is 23.9 Å². The molecule has 1 aliphatic rings. The first kappa shape index (κ1) is 27.3. The fourth-order valence-corrected chi connectivity index (χ4v) is 4.45. The van der Waals surface area contributed by atoms with Crippen molar-refractivity contribution < 1.29 is 28.5 Å². The molecule has 1 aromatic carbocycles. The molecule has 0 amide bonds. The lowest BCUT2D eigenvalue weighted by Gasteiger charge is -2.15. The summed E-state index contributed by atoms with van der Waals surface area (Å²) in [5.74, 6) is 0.810. The second-order valence-corrected chi connectivity index (χ2v) is 9.54. The van der Waals surface area contributed by atoms with Crippen LogP contribution in [0.3, 0.4) is 0 Å². The molecule has 2 aromatic heterocycles. The van der Waals surface area contributed by atoms with E-state index in [2.05, 4.69) is 30.5 Å². The van der Waals surface area contributed by atoms with Crippen LogP contribution in [-0.4, -0.2) is 58.5 Å². The third-order valence-electron chi connectivity index (χ3n) is 5.75. The first-order chi connectivity index (χ1) is 18.4. The maximum absolute atomic E-state index is 12.0. The van der Waals surface area contributed by atoms with Crippen LogP contribution in [0.15, 0.2) is 58.3 Å². The molecule has 0 bridgehead atoms. The van der Waals surface area contributed by atoms with Gasteiger partial charge in [-0.15, -0.1) is 0 Å². The lowest BCUT2D eigenvalue weighted by Crippen LogP contribution is -2.23. The topological polar surface area (TPSA) is 114 Å². The predicted molar refractivity (Wildman–Crippen MR) is 143 cm³/mol. The Bertz CT molecular complexity index is 1310. The van der Waals surface area contributed by atoms with Crippen LogP contribution >= 0.6 is 15.9 Å². The molecular formula is C27H29BrN4O6. The molecular weight excluding hydrogens is 556 g/mol. The maximum atomic E-state index is 12.0. The number of fused-ring (bicyclic) bond motifs is 3. The minimum Gasteiger partial charge on any atom is -0.435 e. The van der Waals surface area contributed by atoms with Gasteiger partial charge in [-0.05, 0) is 63.9 Å². The Kier molecular flexibility index (Phi) is 9.11. The Labute approximate surface area is 229 Å².